The summed E-state index contributed by atoms with van der Waals surface area (Å²) in [5.41, 5.74) is 0. The Hall–Kier alpha value is 0.0400. The first-order valence-electron chi connectivity index (χ1n) is 24.6. The van der Waals surface area contributed by atoms with E-state index in [4.69, 9.17) is 0 Å². The number of aromatic nitrogens is 1. The molecule has 1 aromatic rings. The average molecular weight is 1260 g/mol. The third-order valence-corrected chi connectivity index (χ3v) is 14.5. The van der Waals surface area contributed by atoms with Gasteiger partial charge in [-0.1, -0.05) is 189 Å². The molecule has 1 aromatic heterocycles. The van der Waals surface area contributed by atoms with E-state index in [9.17, 15) is 28.8 Å². The van der Waals surface area contributed by atoms with Gasteiger partial charge in [-0.15, -0.1) is 23.5 Å². The molecule has 2 aliphatic rings. The molecular weight excluding hydrogens is 1160 g/mol. The van der Waals surface area contributed by atoms with Gasteiger partial charge in [0.05, 0.1) is 20.5 Å². The first-order chi connectivity index (χ1) is 32.4. The number of imide groups is 2. The van der Waals surface area contributed by atoms with Crippen molar-refractivity contribution in [1.29, 1.82) is 0 Å². The molecule has 18 heteroatoms. The number of halogens is 1. The fourth-order valence-electron chi connectivity index (χ4n) is 3.97. The van der Waals surface area contributed by atoms with Gasteiger partial charge in [0.25, 0.3) is 11.8 Å². The van der Waals surface area contributed by atoms with Gasteiger partial charge in [-0.25, -0.2) is 4.98 Å². The van der Waals surface area contributed by atoms with Crippen molar-refractivity contribution in [1.82, 2.24) is 14.8 Å². The molecule has 1 saturated heterocycles. The van der Waals surface area contributed by atoms with Crippen molar-refractivity contribution >= 4 is 153 Å². The lowest BCUT2D eigenvalue weighted by molar-refractivity contribution is -0.141. The van der Waals surface area contributed by atoms with Crippen molar-refractivity contribution < 1.29 is 28.8 Å². The van der Waals surface area contributed by atoms with Crippen LogP contribution in [0.2, 0.25) is 0 Å². The van der Waals surface area contributed by atoms with Crippen LogP contribution in [0.25, 0.3) is 0 Å². The Morgan fingerprint density at radius 2 is 0.986 bits per heavy atom. The molecule has 9 nitrogen and oxygen atoms in total. The second-order valence-corrected chi connectivity index (χ2v) is 31.4. The molecule has 1 atom stereocenters. The van der Waals surface area contributed by atoms with Crippen molar-refractivity contribution in [2.45, 2.75) is 237 Å². The topological polar surface area (TPSA) is 122 Å². The van der Waals surface area contributed by atoms with E-state index >= 15 is 0 Å². The molecule has 2 aliphatic heterocycles. The van der Waals surface area contributed by atoms with Gasteiger partial charge < -0.3 is 0 Å². The summed E-state index contributed by atoms with van der Waals surface area (Å²) in [5.74, 6) is 1.34. The lowest BCUT2D eigenvalue weighted by Gasteiger charge is -2.19. The molecule has 4 amide bonds. The van der Waals surface area contributed by atoms with Crippen LogP contribution in [0.3, 0.4) is 0 Å². The van der Waals surface area contributed by atoms with E-state index < -0.39 is 0 Å². The highest BCUT2D eigenvalue weighted by atomic mass is 127. The zero-order valence-corrected chi connectivity index (χ0v) is 57.1. The van der Waals surface area contributed by atoms with Crippen LogP contribution in [-0.4, -0.2) is 119 Å². The number of pyridine rings is 1. The molecule has 0 N–H and O–H groups in total. The Morgan fingerprint density at radius 1 is 0.592 bits per heavy atom. The lowest BCUT2D eigenvalue weighted by atomic mass is 10.1. The monoisotopic (exact) mass is 1260 g/mol. The van der Waals surface area contributed by atoms with Crippen molar-refractivity contribution in [3.05, 3.63) is 36.5 Å². The Labute approximate surface area is 487 Å². The van der Waals surface area contributed by atoms with Crippen LogP contribution in [0.5, 0.6) is 0 Å². The molecule has 418 valence electrons. The predicted molar refractivity (Wildman–Crippen MR) is 343 cm³/mol. The molecule has 1 unspecified atom stereocenters. The molecular formula is C53H100IN3O6S8. The minimum Gasteiger partial charge on any atom is -0.299 e. The molecule has 0 spiro atoms. The van der Waals surface area contributed by atoms with Crippen LogP contribution in [0.1, 0.15) is 173 Å². The number of rotatable bonds is 15. The number of nitrogens with zero attached hydrogens (tertiary/aromatic N) is 3. The SMILES string of the molecule is CC(C)C(=O)CI.CC(C)N1C(=O)C=CC1=O.CC(C)S.CC(C)S.CC(C)S.CC(C)SC1CC(=O)N(C(C)C)C1=O.CC(C)SCC(=O)C(C)C.CC(C)SSC(C)C.CC(C)Sc1ccccn1. The standard InChI is InChI=1S/C10H17NO2S.C8H11NS.C8H16OS.C7H9NO2.C6H14S2.C5H9IO.3C3H8S/c1-6(2)11-9(12)5-8(10(11)13)14-7(3)4;1-7(2)10-8-5-3-4-6-9-8;1-6(2)8(9)5-10-7(3)4;1-5(2)8-6(9)3-4-7(8)10;1-5(2)7-8-6(3)4;1-4(2)5(7)3-6;3*1-3(2)4/h6-8H,5H2,1-4H3;3-7H,1-2H3;6-7H,5H2,1-4H3;3-5H,1-2H3;5-6H,1-4H3;4H,3H2,1-2H3;3*3-4H,1-2H3. The maximum Gasteiger partial charge on any atom is 0.253 e. The Balaban J connectivity index is -0.000000172. The minimum atomic E-state index is -0.208. The Bertz CT molecular complexity index is 1500. The van der Waals surface area contributed by atoms with Crippen molar-refractivity contribution in [3.8, 4) is 0 Å². The van der Waals surface area contributed by atoms with Crippen LogP contribution in [0, 0.1) is 11.8 Å². The van der Waals surface area contributed by atoms with Crippen LogP contribution in [0.15, 0.2) is 41.6 Å². The molecule has 1 fully saturated rings. The Kier molecular flexibility index (Phi) is 59.0. The van der Waals surface area contributed by atoms with Gasteiger partial charge in [0, 0.05) is 64.4 Å². The summed E-state index contributed by atoms with van der Waals surface area (Å²) < 4.78 is 0.648. The van der Waals surface area contributed by atoms with Gasteiger partial charge in [0.1, 0.15) is 11.6 Å². The largest absolute Gasteiger partial charge is 0.299 e. The fourth-order valence-corrected chi connectivity index (χ4v) is 9.35. The van der Waals surface area contributed by atoms with E-state index in [0.29, 0.717) is 59.7 Å². The zero-order chi connectivity index (χ0) is 57.3. The van der Waals surface area contributed by atoms with Crippen molar-refractivity contribution in [2.75, 3.05) is 10.2 Å². The first kappa shape index (κ1) is 82.4. The number of likely N-dealkylation sites (tertiary alicyclic amines) is 1. The van der Waals surface area contributed by atoms with E-state index in [2.05, 4.69) is 121 Å². The summed E-state index contributed by atoms with van der Waals surface area (Å²) in [5, 5.41) is 5.66. The molecule has 0 radical (unpaired) electrons. The number of thioether (sulfide) groups is 3. The number of thiol groups is 3. The zero-order valence-electron chi connectivity index (χ0n) is 48.1. The van der Waals surface area contributed by atoms with Crippen molar-refractivity contribution in [2.24, 2.45) is 11.8 Å². The van der Waals surface area contributed by atoms with Gasteiger partial charge >= 0.3 is 0 Å². The average Bonchev–Trinajstić information content (AvgIpc) is 3.70. The van der Waals surface area contributed by atoms with Gasteiger partial charge in [0.2, 0.25) is 11.8 Å². The number of amides is 4. The van der Waals surface area contributed by atoms with Gasteiger partial charge in [-0.2, -0.15) is 49.6 Å². The summed E-state index contributed by atoms with van der Waals surface area (Å²) in [6.07, 6.45) is 4.79. The fraction of sp³-hybridized carbons (Fsp3) is 0.755. The van der Waals surface area contributed by atoms with E-state index in [1.54, 1.807) is 35.3 Å². The first-order valence-corrected chi connectivity index (χ1v) is 32.8. The summed E-state index contributed by atoms with van der Waals surface area (Å²) in [7, 11) is 3.91. The second-order valence-electron chi connectivity index (χ2n) is 19.2. The third kappa shape index (κ3) is 60.8. The second kappa shape index (κ2) is 50.8. The third-order valence-electron chi connectivity index (χ3n) is 6.87. The summed E-state index contributed by atoms with van der Waals surface area (Å²) >= 11 is 19.1. The van der Waals surface area contributed by atoms with Crippen LogP contribution >= 0.6 is 117 Å². The highest BCUT2D eigenvalue weighted by molar-refractivity contribution is 14.1. The maximum absolute atomic E-state index is 11.8. The van der Waals surface area contributed by atoms with Crippen molar-refractivity contribution in [3.63, 3.8) is 0 Å². The van der Waals surface area contributed by atoms with Crippen LogP contribution in [-0.2, 0) is 28.8 Å². The predicted octanol–water partition coefficient (Wildman–Crippen LogP) is 15.7. The van der Waals surface area contributed by atoms with Gasteiger partial charge in [-0.3, -0.25) is 38.6 Å². The lowest BCUT2D eigenvalue weighted by Crippen LogP contribution is -2.37. The molecule has 0 saturated carbocycles. The smallest absolute Gasteiger partial charge is 0.253 e. The summed E-state index contributed by atoms with van der Waals surface area (Å²) in [6.45, 7) is 48.8. The number of carbonyl (C=O) groups excluding carboxylic acids is 6. The maximum atomic E-state index is 11.8. The molecule has 0 aliphatic carbocycles. The summed E-state index contributed by atoms with van der Waals surface area (Å²) in [4.78, 5) is 73.3. The normalized spacial score (nSPS) is 13.8. The van der Waals surface area contributed by atoms with Gasteiger partial charge in [0.15, 0.2) is 0 Å². The number of ketones is 2. The highest BCUT2D eigenvalue weighted by Crippen LogP contribution is 2.30. The number of alkyl halides is 1. The molecule has 0 aromatic carbocycles. The minimum absolute atomic E-state index is 0.00670. The van der Waals surface area contributed by atoms with E-state index in [1.165, 1.54) is 22.0 Å². The van der Waals surface area contributed by atoms with Crippen LogP contribution in [0.4, 0.5) is 0 Å². The quantitative estimate of drug-likeness (QED) is 0.0387. The van der Waals surface area contributed by atoms with E-state index in [0.717, 1.165) is 15.5 Å². The molecule has 3 heterocycles. The highest BCUT2D eigenvalue weighted by Gasteiger charge is 2.40. The number of carbonyl (C=O) groups is 6. The van der Waals surface area contributed by atoms with E-state index in [1.807, 2.05) is 157 Å². The molecule has 0 bridgehead atoms. The molecule has 71 heavy (non-hydrogen) atoms. The Morgan fingerprint density at radius 3 is 1.21 bits per heavy atom. The number of hydrogen-bond acceptors (Lipinski definition) is 15. The summed E-state index contributed by atoms with van der Waals surface area (Å²) in [6, 6.07) is 5.94. The number of Topliss-reactive ketones (excluding diaryl/α,β-unsaturated/α-hetero) is 2. The number of hydrogen-bond donors (Lipinski definition) is 3. The van der Waals surface area contributed by atoms with E-state index in [-0.39, 0.29) is 52.8 Å². The van der Waals surface area contributed by atoms with Crippen LogP contribution < -0.4 is 0 Å². The van der Waals surface area contributed by atoms with Gasteiger partial charge in [-0.05, 0) is 66.1 Å². The molecule has 3 rings (SSSR count).